The molecule has 0 saturated heterocycles. The fourth-order valence-electron chi connectivity index (χ4n) is 3.53. The van der Waals surface area contributed by atoms with Gasteiger partial charge >= 0.3 is 0 Å². The van der Waals surface area contributed by atoms with Gasteiger partial charge in [-0.15, -0.1) is 0 Å². The van der Waals surface area contributed by atoms with Crippen LogP contribution in [-0.4, -0.2) is 17.5 Å². The lowest BCUT2D eigenvalue weighted by Crippen LogP contribution is -2.36. The quantitative estimate of drug-likeness (QED) is 0.870. The van der Waals surface area contributed by atoms with Crippen molar-refractivity contribution in [1.29, 1.82) is 0 Å². The third-order valence-electron chi connectivity index (χ3n) is 4.52. The van der Waals surface area contributed by atoms with Crippen LogP contribution in [0.25, 0.3) is 0 Å². The van der Waals surface area contributed by atoms with E-state index in [9.17, 15) is 0 Å². The van der Waals surface area contributed by atoms with E-state index < -0.39 is 0 Å². The third kappa shape index (κ3) is 1.79. The minimum Gasteiger partial charge on any atom is -0.375 e. The zero-order valence-corrected chi connectivity index (χ0v) is 11.8. The van der Waals surface area contributed by atoms with E-state index in [2.05, 4.69) is 57.0 Å². The fraction of sp³-hybridized carbons (Fsp3) is 0.562. The molecule has 1 aromatic carbocycles. The molecule has 0 fully saturated rings. The monoisotopic (exact) mass is 245 g/mol. The molecule has 0 spiro atoms. The molecule has 1 aromatic rings. The Bertz CT molecular complexity index is 452. The van der Waals surface area contributed by atoms with Gasteiger partial charge in [0.25, 0.3) is 0 Å². The van der Waals surface area contributed by atoms with E-state index in [4.69, 9.17) is 5.11 Å². The number of aliphatic imine (C=N–C) groups is 1. The van der Waals surface area contributed by atoms with Crippen molar-refractivity contribution in [1.82, 2.24) is 0 Å². The van der Waals surface area contributed by atoms with Gasteiger partial charge in [-0.3, -0.25) is 4.99 Å². The van der Waals surface area contributed by atoms with Crippen molar-refractivity contribution in [3.8, 4) is 0 Å². The SMILES string of the molecule is CC(C)C1(C(C)C)CC(=NCO)c2ccccc21. The number of rotatable bonds is 3. The molecule has 0 aromatic heterocycles. The number of fused-ring (bicyclic) bond motifs is 1. The maximum Gasteiger partial charge on any atom is 0.134 e. The number of benzene rings is 1. The highest BCUT2D eigenvalue weighted by atomic mass is 16.3. The largest absolute Gasteiger partial charge is 0.375 e. The van der Waals surface area contributed by atoms with Gasteiger partial charge in [-0.25, -0.2) is 0 Å². The average molecular weight is 245 g/mol. The Morgan fingerprint density at radius 2 is 1.78 bits per heavy atom. The third-order valence-corrected chi connectivity index (χ3v) is 4.52. The standard InChI is InChI=1S/C16H23NO/c1-11(2)16(12(3)4)9-15(17-10-18)13-7-5-6-8-14(13)16/h5-8,11-12,18H,9-10H2,1-4H3. The fourth-order valence-corrected chi connectivity index (χ4v) is 3.53. The van der Waals surface area contributed by atoms with Crippen LogP contribution in [0.3, 0.4) is 0 Å². The minimum absolute atomic E-state index is 0.115. The molecule has 0 radical (unpaired) electrons. The summed E-state index contributed by atoms with van der Waals surface area (Å²) in [6.45, 7) is 9.05. The highest BCUT2D eigenvalue weighted by Crippen LogP contribution is 2.49. The molecule has 1 aliphatic rings. The summed E-state index contributed by atoms with van der Waals surface area (Å²) in [4.78, 5) is 4.30. The Labute approximate surface area is 110 Å². The number of hydrogen-bond acceptors (Lipinski definition) is 2. The van der Waals surface area contributed by atoms with Crippen LogP contribution in [0.1, 0.15) is 45.2 Å². The van der Waals surface area contributed by atoms with Crippen LogP contribution < -0.4 is 0 Å². The van der Waals surface area contributed by atoms with Crippen LogP contribution in [0.15, 0.2) is 29.3 Å². The second-order valence-corrected chi connectivity index (χ2v) is 5.82. The second kappa shape index (κ2) is 4.85. The van der Waals surface area contributed by atoms with E-state index in [1.807, 2.05) is 0 Å². The molecule has 2 heteroatoms. The van der Waals surface area contributed by atoms with E-state index in [-0.39, 0.29) is 12.1 Å². The zero-order chi connectivity index (χ0) is 13.3. The highest BCUT2D eigenvalue weighted by Gasteiger charge is 2.46. The average Bonchev–Trinajstić information content (AvgIpc) is 2.66. The maximum atomic E-state index is 9.11. The van der Waals surface area contributed by atoms with Gasteiger partial charge < -0.3 is 5.11 Å². The Morgan fingerprint density at radius 3 is 2.33 bits per heavy atom. The molecule has 0 saturated carbocycles. The summed E-state index contributed by atoms with van der Waals surface area (Å²) in [5.74, 6) is 1.12. The van der Waals surface area contributed by atoms with Gasteiger partial charge in [-0.1, -0.05) is 52.0 Å². The molecule has 1 aliphatic carbocycles. The molecular weight excluding hydrogens is 222 g/mol. The Morgan fingerprint density at radius 1 is 1.17 bits per heavy atom. The first kappa shape index (κ1) is 13.3. The lowest BCUT2D eigenvalue weighted by Gasteiger charge is -2.38. The molecule has 2 nitrogen and oxygen atoms in total. The molecule has 98 valence electrons. The van der Waals surface area contributed by atoms with Crippen molar-refractivity contribution >= 4 is 5.71 Å². The predicted octanol–water partition coefficient (Wildman–Crippen LogP) is 3.38. The van der Waals surface area contributed by atoms with Crippen LogP contribution in [0.4, 0.5) is 0 Å². The molecule has 0 heterocycles. The Balaban J connectivity index is 2.63. The summed E-state index contributed by atoms with van der Waals surface area (Å²) in [6.07, 6.45) is 0.947. The number of hydrogen-bond donors (Lipinski definition) is 1. The number of aliphatic hydroxyl groups excluding tert-OH is 1. The van der Waals surface area contributed by atoms with Crippen LogP contribution in [0.2, 0.25) is 0 Å². The van der Waals surface area contributed by atoms with Gasteiger partial charge in [0.2, 0.25) is 0 Å². The van der Waals surface area contributed by atoms with Gasteiger partial charge in [0.15, 0.2) is 0 Å². The van der Waals surface area contributed by atoms with E-state index in [0.717, 1.165) is 12.1 Å². The first-order chi connectivity index (χ1) is 8.54. The Hall–Kier alpha value is -1.15. The van der Waals surface area contributed by atoms with E-state index >= 15 is 0 Å². The summed E-state index contributed by atoms with van der Waals surface area (Å²) in [7, 11) is 0. The Kier molecular flexibility index (Phi) is 3.58. The molecule has 0 aliphatic heterocycles. The molecule has 0 unspecified atom stereocenters. The topological polar surface area (TPSA) is 32.6 Å². The van der Waals surface area contributed by atoms with E-state index in [1.165, 1.54) is 11.1 Å². The van der Waals surface area contributed by atoms with Crippen molar-refractivity contribution in [2.24, 2.45) is 16.8 Å². The van der Waals surface area contributed by atoms with Gasteiger partial charge in [0.05, 0.1) is 0 Å². The summed E-state index contributed by atoms with van der Waals surface area (Å²) in [5, 5.41) is 9.11. The molecule has 18 heavy (non-hydrogen) atoms. The zero-order valence-electron chi connectivity index (χ0n) is 11.8. The molecule has 0 bridgehead atoms. The number of aliphatic hydroxyl groups is 1. The predicted molar refractivity (Wildman–Crippen MR) is 76.0 cm³/mol. The van der Waals surface area contributed by atoms with Gasteiger partial charge in [0, 0.05) is 17.5 Å². The summed E-state index contributed by atoms with van der Waals surface area (Å²) in [5.41, 5.74) is 3.86. The maximum absolute atomic E-state index is 9.11. The van der Waals surface area contributed by atoms with E-state index in [0.29, 0.717) is 11.8 Å². The van der Waals surface area contributed by atoms with Gasteiger partial charge in [0.1, 0.15) is 6.73 Å². The molecule has 2 rings (SSSR count). The first-order valence-electron chi connectivity index (χ1n) is 6.78. The summed E-state index contributed by atoms with van der Waals surface area (Å²) in [6, 6.07) is 8.54. The van der Waals surface area contributed by atoms with Crippen molar-refractivity contribution in [3.05, 3.63) is 35.4 Å². The van der Waals surface area contributed by atoms with E-state index in [1.54, 1.807) is 0 Å². The van der Waals surface area contributed by atoms with Crippen molar-refractivity contribution < 1.29 is 5.11 Å². The minimum atomic E-state index is -0.115. The summed E-state index contributed by atoms with van der Waals surface area (Å²) < 4.78 is 0. The van der Waals surface area contributed by atoms with Crippen LogP contribution in [-0.2, 0) is 5.41 Å². The van der Waals surface area contributed by atoms with Gasteiger partial charge in [-0.05, 0) is 23.0 Å². The van der Waals surface area contributed by atoms with Crippen LogP contribution >= 0.6 is 0 Å². The van der Waals surface area contributed by atoms with Crippen molar-refractivity contribution in [2.75, 3.05) is 6.73 Å². The van der Waals surface area contributed by atoms with Crippen molar-refractivity contribution in [3.63, 3.8) is 0 Å². The lowest BCUT2D eigenvalue weighted by molar-refractivity contribution is 0.234. The molecule has 0 amide bonds. The lowest BCUT2D eigenvalue weighted by atomic mass is 9.65. The smallest absolute Gasteiger partial charge is 0.134 e. The van der Waals surface area contributed by atoms with Crippen LogP contribution in [0, 0.1) is 11.8 Å². The second-order valence-electron chi connectivity index (χ2n) is 5.82. The van der Waals surface area contributed by atoms with Crippen LogP contribution in [0.5, 0.6) is 0 Å². The number of nitrogens with zero attached hydrogens (tertiary/aromatic N) is 1. The molecule has 0 atom stereocenters. The van der Waals surface area contributed by atoms with Gasteiger partial charge in [-0.2, -0.15) is 0 Å². The molecule has 1 N–H and O–H groups in total. The molecular formula is C16H23NO. The normalized spacial score (nSPS) is 19.8. The van der Waals surface area contributed by atoms with Crippen molar-refractivity contribution in [2.45, 2.75) is 39.5 Å². The summed E-state index contributed by atoms with van der Waals surface area (Å²) >= 11 is 0. The highest BCUT2D eigenvalue weighted by molar-refractivity contribution is 6.06. The first-order valence-corrected chi connectivity index (χ1v) is 6.78.